The number of hydrogen-bond acceptors (Lipinski definition) is 0. The number of halogens is 1. The molecule has 0 saturated carbocycles. The molecule has 0 bridgehead atoms. The van der Waals surface area contributed by atoms with Gasteiger partial charge >= 0.3 is 0 Å². The molecule has 1 spiro atoms. The lowest BCUT2D eigenvalue weighted by molar-refractivity contribution is 0.558. The largest absolute Gasteiger partial charge is 0.0728 e. The molecule has 0 amide bonds. The molecule has 0 saturated heterocycles. The van der Waals surface area contributed by atoms with Gasteiger partial charge in [-0.3, -0.25) is 0 Å². The Balaban J connectivity index is 1.89. The summed E-state index contributed by atoms with van der Waals surface area (Å²) in [5.41, 5.74) is 13.7. The van der Waals surface area contributed by atoms with Crippen LogP contribution in [0.2, 0.25) is 0 Å². The van der Waals surface area contributed by atoms with Crippen molar-refractivity contribution in [3.63, 3.8) is 0 Å². The van der Waals surface area contributed by atoms with Gasteiger partial charge in [-0.1, -0.05) is 130 Å². The predicted molar refractivity (Wildman–Crippen MR) is 148 cm³/mol. The predicted octanol–water partition coefficient (Wildman–Crippen LogP) is 9.39. The van der Waals surface area contributed by atoms with Gasteiger partial charge in [-0.15, -0.1) is 0 Å². The first-order chi connectivity index (χ1) is 16.1. The van der Waals surface area contributed by atoms with Gasteiger partial charge in [0.25, 0.3) is 0 Å². The molecule has 6 rings (SSSR count). The summed E-state index contributed by atoms with van der Waals surface area (Å²) in [6, 6.07) is 29.9. The highest BCUT2D eigenvalue weighted by atomic mass is 79.9. The molecule has 0 N–H and O–H groups in total. The molecule has 0 unspecified atom stereocenters. The second-order valence-electron chi connectivity index (χ2n) is 11.9. The van der Waals surface area contributed by atoms with Crippen LogP contribution in [0.3, 0.4) is 0 Å². The highest BCUT2D eigenvalue weighted by Gasteiger charge is 2.54. The van der Waals surface area contributed by atoms with Crippen LogP contribution in [0.4, 0.5) is 0 Å². The lowest BCUT2D eigenvalue weighted by Gasteiger charge is -2.36. The smallest absolute Gasteiger partial charge is 0.0619 e. The second kappa shape index (κ2) is 6.95. The molecule has 2 aliphatic rings. The quantitative estimate of drug-likeness (QED) is 0.192. The number of benzene rings is 4. The second-order valence-corrected chi connectivity index (χ2v) is 12.8. The van der Waals surface area contributed by atoms with E-state index in [4.69, 9.17) is 0 Å². The topological polar surface area (TPSA) is 0 Å². The number of rotatable bonds is 0. The van der Waals surface area contributed by atoms with E-state index >= 15 is 0 Å². The van der Waals surface area contributed by atoms with Crippen LogP contribution in [-0.4, -0.2) is 0 Å². The summed E-state index contributed by atoms with van der Waals surface area (Å²) in [6.45, 7) is 14.1. The highest BCUT2D eigenvalue weighted by Crippen LogP contribution is 2.65. The van der Waals surface area contributed by atoms with Crippen LogP contribution in [0.15, 0.2) is 83.3 Å². The van der Waals surface area contributed by atoms with Crippen molar-refractivity contribution in [3.8, 4) is 22.3 Å². The Kier molecular flexibility index (Phi) is 4.47. The van der Waals surface area contributed by atoms with Crippen molar-refractivity contribution in [1.82, 2.24) is 0 Å². The molecule has 0 radical (unpaired) electrons. The van der Waals surface area contributed by atoms with E-state index in [2.05, 4.69) is 136 Å². The molecule has 4 aromatic carbocycles. The third-order valence-corrected chi connectivity index (χ3v) is 8.49. The van der Waals surface area contributed by atoms with Crippen LogP contribution in [0, 0.1) is 0 Å². The third kappa shape index (κ3) is 2.71. The molecule has 0 atom stereocenters. The van der Waals surface area contributed by atoms with E-state index in [1.165, 1.54) is 60.1 Å². The monoisotopic (exact) mass is 506 g/mol. The van der Waals surface area contributed by atoms with E-state index in [1.54, 1.807) is 0 Å². The van der Waals surface area contributed by atoms with Gasteiger partial charge < -0.3 is 0 Å². The van der Waals surface area contributed by atoms with Crippen molar-refractivity contribution < 1.29 is 0 Å². The first kappa shape index (κ1) is 21.9. The van der Waals surface area contributed by atoms with E-state index in [-0.39, 0.29) is 16.2 Å². The van der Waals surface area contributed by atoms with Crippen molar-refractivity contribution in [2.24, 2.45) is 0 Å². The first-order valence-electron chi connectivity index (χ1n) is 12.2. The van der Waals surface area contributed by atoms with E-state index in [1.807, 2.05) is 0 Å². The van der Waals surface area contributed by atoms with Gasteiger partial charge in [0.1, 0.15) is 0 Å². The molecule has 1 heteroatoms. The van der Waals surface area contributed by atoms with Crippen molar-refractivity contribution >= 4 is 15.9 Å². The fourth-order valence-corrected chi connectivity index (χ4v) is 6.89. The van der Waals surface area contributed by atoms with Gasteiger partial charge in [-0.05, 0) is 67.0 Å². The minimum Gasteiger partial charge on any atom is -0.0619 e. The van der Waals surface area contributed by atoms with Crippen LogP contribution in [0.1, 0.15) is 74.9 Å². The zero-order valence-corrected chi connectivity index (χ0v) is 22.5. The molecule has 0 aliphatic heterocycles. The third-order valence-electron chi connectivity index (χ3n) is 7.83. The standard InChI is InChI=1S/C33H31Br/c1-31(2,3)20-18-23-29-26(16-11-17-28(29)34)33(30(23)27(19-20)32(4,5)6)24-14-9-7-12-21(24)22-13-8-10-15-25(22)33/h7-19H,1-6H3. The molecule has 0 fully saturated rings. The summed E-state index contributed by atoms with van der Waals surface area (Å²) in [6.07, 6.45) is 0. The number of hydrogen-bond donors (Lipinski definition) is 0. The average Bonchev–Trinajstić information content (AvgIpc) is 3.25. The Hall–Kier alpha value is -2.64. The van der Waals surface area contributed by atoms with Gasteiger partial charge in [0, 0.05) is 10.0 Å². The van der Waals surface area contributed by atoms with E-state index in [0.717, 1.165) is 0 Å². The summed E-state index contributed by atoms with van der Waals surface area (Å²) in [7, 11) is 0. The average molecular weight is 508 g/mol. The summed E-state index contributed by atoms with van der Waals surface area (Å²) in [5, 5.41) is 0. The van der Waals surface area contributed by atoms with Crippen molar-refractivity contribution in [3.05, 3.63) is 117 Å². The molecule has 2 aliphatic carbocycles. The van der Waals surface area contributed by atoms with Gasteiger partial charge in [0.2, 0.25) is 0 Å². The minimum atomic E-state index is -0.305. The van der Waals surface area contributed by atoms with Gasteiger partial charge in [0.15, 0.2) is 0 Å². The highest BCUT2D eigenvalue weighted by molar-refractivity contribution is 9.10. The Morgan fingerprint density at radius 2 is 1.15 bits per heavy atom. The van der Waals surface area contributed by atoms with Crippen molar-refractivity contribution in [2.75, 3.05) is 0 Å². The molecule has 4 aromatic rings. The Bertz CT molecular complexity index is 1430. The van der Waals surface area contributed by atoms with Crippen LogP contribution in [0.5, 0.6) is 0 Å². The Morgan fingerprint density at radius 3 is 1.71 bits per heavy atom. The molecule has 0 nitrogen and oxygen atoms in total. The summed E-state index contributed by atoms with van der Waals surface area (Å²) in [4.78, 5) is 0. The minimum absolute atomic E-state index is 0.000655. The Labute approximate surface area is 212 Å². The van der Waals surface area contributed by atoms with Gasteiger partial charge in [-0.2, -0.15) is 0 Å². The van der Waals surface area contributed by atoms with Gasteiger partial charge in [0.05, 0.1) is 5.41 Å². The molecular weight excluding hydrogens is 476 g/mol. The molecular formula is C33H31Br. The fraction of sp³-hybridized carbons (Fsp3) is 0.273. The van der Waals surface area contributed by atoms with E-state index in [9.17, 15) is 0 Å². The summed E-state index contributed by atoms with van der Waals surface area (Å²) in [5.74, 6) is 0. The lowest BCUT2D eigenvalue weighted by Crippen LogP contribution is -2.30. The molecule has 0 aromatic heterocycles. The lowest BCUT2D eigenvalue weighted by atomic mass is 9.65. The Morgan fingerprint density at radius 1 is 0.588 bits per heavy atom. The summed E-state index contributed by atoms with van der Waals surface area (Å²) >= 11 is 3.98. The fourth-order valence-electron chi connectivity index (χ4n) is 6.31. The number of fused-ring (bicyclic) bond motifs is 10. The van der Waals surface area contributed by atoms with Crippen LogP contribution < -0.4 is 0 Å². The van der Waals surface area contributed by atoms with Crippen molar-refractivity contribution in [1.29, 1.82) is 0 Å². The maximum absolute atomic E-state index is 3.98. The van der Waals surface area contributed by atoms with E-state index < -0.39 is 0 Å². The molecule has 170 valence electrons. The SMILES string of the molecule is CC(C)(C)c1cc2c(c(C(C)(C)C)c1)C1(c3ccccc3-c3ccccc31)c1cccc(Br)c1-2. The van der Waals surface area contributed by atoms with E-state index in [0.29, 0.717) is 0 Å². The van der Waals surface area contributed by atoms with Crippen LogP contribution in [0.25, 0.3) is 22.3 Å². The van der Waals surface area contributed by atoms with Crippen LogP contribution in [-0.2, 0) is 16.2 Å². The van der Waals surface area contributed by atoms with Gasteiger partial charge in [-0.25, -0.2) is 0 Å². The zero-order valence-electron chi connectivity index (χ0n) is 20.9. The summed E-state index contributed by atoms with van der Waals surface area (Å²) < 4.78 is 1.18. The molecule has 0 heterocycles. The zero-order chi connectivity index (χ0) is 24.0. The molecule has 34 heavy (non-hydrogen) atoms. The maximum Gasteiger partial charge on any atom is 0.0728 e. The first-order valence-corrected chi connectivity index (χ1v) is 13.0. The van der Waals surface area contributed by atoms with Crippen LogP contribution >= 0.6 is 15.9 Å². The maximum atomic E-state index is 3.98. The van der Waals surface area contributed by atoms with Crippen molar-refractivity contribution in [2.45, 2.75) is 57.8 Å². The normalized spacial score (nSPS) is 15.1.